The molecule has 8 amide bonds. The number of rotatable bonds is 25. The quantitative estimate of drug-likeness (QED) is 0.0290. The summed E-state index contributed by atoms with van der Waals surface area (Å²) in [7, 11) is -8.14. The zero-order chi connectivity index (χ0) is 78.1. The zero-order valence-corrected chi connectivity index (χ0v) is 62.7. The lowest BCUT2D eigenvalue weighted by molar-refractivity contribution is -0.143. The third kappa shape index (κ3) is 17.5. The molecule has 14 atom stereocenters. The topological polar surface area (TPSA) is 374 Å². The van der Waals surface area contributed by atoms with Gasteiger partial charge in [0.15, 0.2) is 5.54 Å². The highest BCUT2D eigenvalue weighted by molar-refractivity contribution is 7.85. The van der Waals surface area contributed by atoms with Gasteiger partial charge in [-0.3, -0.25) is 33.0 Å². The van der Waals surface area contributed by atoms with E-state index in [9.17, 15) is 63.6 Å². The van der Waals surface area contributed by atoms with E-state index in [0.717, 1.165) is 4.90 Å². The molecule has 0 spiro atoms. The summed E-state index contributed by atoms with van der Waals surface area (Å²) in [5, 5.41) is 11.7. The van der Waals surface area contributed by atoms with Gasteiger partial charge < -0.3 is 54.8 Å². The first kappa shape index (κ1) is 78.7. The molecule has 107 heavy (non-hydrogen) atoms. The normalized spacial score (nSPS) is 27.4. The summed E-state index contributed by atoms with van der Waals surface area (Å²) < 4.78 is 141. The number of hydrogen-bond donors (Lipinski definition) is 6. The number of nitrogens with zero attached hydrogens (tertiary/aromatic N) is 4. The number of ether oxygens (including phenoxy) is 5. The van der Waals surface area contributed by atoms with Crippen molar-refractivity contribution in [3.05, 3.63) is 91.7 Å². The van der Waals surface area contributed by atoms with Crippen LogP contribution in [0, 0.1) is 46.3 Å². The molecule has 5 aliphatic carbocycles. The van der Waals surface area contributed by atoms with E-state index in [1.165, 1.54) is 61.5 Å². The third-order valence-electron chi connectivity index (χ3n) is 20.2. The summed E-state index contributed by atoms with van der Waals surface area (Å²) in [4.78, 5) is 126. The fraction of sp³-hybridized carbons (Fsp3) is 0.562. The second-order valence-electron chi connectivity index (χ2n) is 31.7. The van der Waals surface area contributed by atoms with Crippen molar-refractivity contribution in [1.82, 2.24) is 50.5 Å². The van der Waals surface area contributed by atoms with Crippen LogP contribution in [0.3, 0.4) is 0 Å². The number of pyridine rings is 2. The number of hydrogen-bond acceptors (Lipinski definition) is 21. The number of aromatic nitrogens is 2. The Hall–Kier alpha value is -9.33. The van der Waals surface area contributed by atoms with Crippen LogP contribution in [0.15, 0.2) is 86.1 Å². The minimum atomic E-state index is -5.03. The van der Waals surface area contributed by atoms with Crippen LogP contribution in [0.1, 0.15) is 133 Å². The molecule has 5 unspecified atom stereocenters. The largest absolute Gasteiger partial charge is 0.497 e. The first-order chi connectivity index (χ1) is 49.9. The highest BCUT2D eigenvalue weighted by atomic mass is 32.2. The number of amides is 8. The van der Waals surface area contributed by atoms with Gasteiger partial charge in [0.1, 0.15) is 59.4 Å². The summed E-state index contributed by atoms with van der Waals surface area (Å²) in [6.45, 7) is 23.3. The van der Waals surface area contributed by atoms with Gasteiger partial charge >= 0.3 is 39.0 Å². The summed E-state index contributed by atoms with van der Waals surface area (Å²) in [6.07, 6.45) is -5.01. The first-order valence-electron chi connectivity index (χ1n) is 35.1. The number of benzene rings is 2. The standard InChI is InChI=1S/C73H89F3N10O19S2/c1-14-41-26-28-71(41,81-58(87)54-33-47(101-60-48-25-24-44(99-13)30-39(48)27-29-77-60)38-86(54)62(90)57(68(6,7)8)80-66(94)103-69(9,10)11)63(91)84-107(97,98)105-70(12)36-51(70)40-20-21-45(31-40)102-65(93)79-56(67(3,4)5)61(89)85-37-46(100-55-34-50(73(74,75)76)49-18-16-17-19-52(49)78-55)32-53(85)59(88)82-72(35-42(72)15-2)64(92)83-106(95,96)104-43-22-23-43/h14-19,24-25,27,29-30,34,40-43,45-47,51,53-54,56-57H,1-2,20-23,31-33,35-38H2,3-13H3,(H,79,93)(H,80,94)(H,81,87)(H,82,88)(H,83,92)(H,84,91)/t40?,41?,42-,45?,46-,47-,51?,53+,54+,56-,57-,70?,71-,72-/m1/s1. The molecule has 2 saturated heterocycles. The number of likely N-dealkylation sites (tertiary alicyclic amines) is 2. The second kappa shape index (κ2) is 29.0. The third-order valence-corrected chi connectivity index (χ3v) is 22.2. The number of alkyl carbamates (subject to hydrolysis) is 2. The maximum Gasteiger partial charge on any atom is 0.417 e. The summed E-state index contributed by atoms with van der Waals surface area (Å²) >= 11 is 0. The smallest absolute Gasteiger partial charge is 0.417 e. The number of halogens is 3. The van der Waals surface area contributed by atoms with Crippen molar-refractivity contribution in [2.75, 3.05) is 20.2 Å². The van der Waals surface area contributed by atoms with E-state index in [-0.39, 0.29) is 67.8 Å². The first-order valence-corrected chi connectivity index (χ1v) is 37.9. The minimum absolute atomic E-state index is 0.0649. The molecule has 11 rings (SSSR count). The Labute approximate surface area is 617 Å². The Bertz CT molecular complexity index is 4570. The Balaban J connectivity index is 0.748. The SMILES string of the molecule is C=CC1C#C[C@]1(NC(=O)[C@@H]1C[C@@H](Oc2nccc3cc(OC)ccc23)CN1C(=O)[C@@H](NC(=O)OC(C)(C)C)C(C)(C)C)C(=O)NS(=O)(=O)OC1(C)CC1C1CCC(OC(=O)N[C@H](C(=O)N2C[C@H](Oc3cc(C(F)(F)F)c4ccccc4n3)C[C@H]2C(=O)N[C@]2(C(=O)NS(=O)(=O)OC3CC3)C[C@H]2C=C)C(C)(C)C)C1. The van der Waals surface area contributed by atoms with Gasteiger partial charge in [0, 0.05) is 41.8 Å². The molecule has 4 saturated carbocycles. The lowest BCUT2D eigenvalue weighted by Gasteiger charge is -2.39. The monoisotopic (exact) mass is 1530 g/mol. The number of alkyl halides is 3. The summed E-state index contributed by atoms with van der Waals surface area (Å²) in [6, 6.07) is 7.44. The van der Waals surface area contributed by atoms with Crippen LogP contribution in [0.5, 0.6) is 17.5 Å². The molecule has 29 nitrogen and oxygen atoms in total. The highest BCUT2D eigenvalue weighted by Crippen LogP contribution is 2.56. The minimum Gasteiger partial charge on any atom is -0.497 e. The van der Waals surface area contributed by atoms with Gasteiger partial charge in [-0.2, -0.15) is 30.0 Å². The lowest BCUT2D eigenvalue weighted by atomic mass is 9.76. The van der Waals surface area contributed by atoms with Crippen LogP contribution in [-0.4, -0.2) is 175 Å². The van der Waals surface area contributed by atoms with E-state index in [1.807, 2.05) is 9.44 Å². The van der Waals surface area contributed by atoms with E-state index in [0.29, 0.717) is 41.9 Å². The Kier molecular flexibility index (Phi) is 21.3. The molecule has 2 aromatic carbocycles. The van der Waals surface area contributed by atoms with Gasteiger partial charge in [-0.05, 0) is 131 Å². The molecular weight excluding hydrogens is 1440 g/mol. The van der Waals surface area contributed by atoms with Gasteiger partial charge in [0.2, 0.25) is 35.4 Å². The average molecular weight is 1530 g/mol. The van der Waals surface area contributed by atoms with Crippen molar-refractivity contribution in [2.45, 2.75) is 204 Å². The molecular formula is C73H89F3N10O19S2. The van der Waals surface area contributed by atoms with Crippen molar-refractivity contribution >= 4 is 89.9 Å². The fourth-order valence-electron chi connectivity index (χ4n) is 14.4. The molecule has 7 aliphatic rings. The number of carbonyl (C=O) groups is 8. The molecule has 6 N–H and O–H groups in total. The van der Waals surface area contributed by atoms with E-state index in [2.05, 4.69) is 56.2 Å². The van der Waals surface area contributed by atoms with E-state index < -0.39 is 192 Å². The molecule has 2 aliphatic heterocycles. The van der Waals surface area contributed by atoms with Crippen molar-refractivity contribution in [1.29, 1.82) is 0 Å². The number of methoxy groups -OCH3 is 1. The van der Waals surface area contributed by atoms with Crippen molar-refractivity contribution < 1.29 is 100 Å². The molecule has 0 radical (unpaired) electrons. The average Bonchev–Trinajstić information content (AvgIpc) is 1.64. The number of fused-ring (bicyclic) bond motifs is 2. The van der Waals surface area contributed by atoms with Crippen LogP contribution in [0.2, 0.25) is 0 Å². The molecule has 578 valence electrons. The van der Waals surface area contributed by atoms with Gasteiger partial charge in [0.25, 0.3) is 11.8 Å². The maximum absolute atomic E-state index is 15.1. The molecule has 34 heteroatoms. The maximum atomic E-state index is 15.1. The lowest BCUT2D eigenvalue weighted by Crippen LogP contribution is -2.68. The molecule has 4 aromatic rings. The predicted octanol–water partition coefficient (Wildman–Crippen LogP) is 6.89. The number of para-hydroxylation sites is 1. The van der Waals surface area contributed by atoms with Gasteiger partial charge in [-0.15, -0.1) is 13.2 Å². The van der Waals surface area contributed by atoms with Crippen molar-refractivity contribution in [3.8, 4) is 29.4 Å². The number of carbonyl (C=O) groups excluding carboxylic acids is 8. The fourth-order valence-corrected chi connectivity index (χ4v) is 16.5. The highest BCUT2D eigenvalue weighted by Gasteiger charge is 2.63. The van der Waals surface area contributed by atoms with Crippen LogP contribution < -0.4 is 44.9 Å². The van der Waals surface area contributed by atoms with Crippen molar-refractivity contribution in [3.63, 3.8) is 0 Å². The van der Waals surface area contributed by atoms with E-state index in [1.54, 1.807) is 86.6 Å². The van der Waals surface area contributed by atoms with Crippen LogP contribution in [0.4, 0.5) is 22.8 Å². The molecule has 0 bridgehead atoms. The Morgan fingerprint density at radius 1 is 0.692 bits per heavy atom. The Morgan fingerprint density at radius 3 is 1.87 bits per heavy atom. The zero-order valence-electron chi connectivity index (χ0n) is 61.0. The van der Waals surface area contributed by atoms with Crippen LogP contribution in [-0.2, 0) is 73.4 Å². The van der Waals surface area contributed by atoms with E-state index in [4.69, 9.17) is 32.1 Å². The van der Waals surface area contributed by atoms with Gasteiger partial charge in [0.05, 0.1) is 48.9 Å². The van der Waals surface area contributed by atoms with Crippen molar-refractivity contribution in [2.24, 2.45) is 34.5 Å². The number of nitrogens with one attached hydrogen (secondary N) is 6. The van der Waals surface area contributed by atoms with Crippen LogP contribution >= 0.6 is 0 Å². The summed E-state index contributed by atoms with van der Waals surface area (Å²) in [5.74, 6) is -3.04. The van der Waals surface area contributed by atoms with Gasteiger partial charge in [-0.25, -0.2) is 33.2 Å². The predicted molar refractivity (Wildman–Crippen MR) is 378 cm³/mol. The van der Waals surface area contributed by atoms with Gasteiger partial charge in [-0.1, -0.05) is 83.7 Å². The van der Waals surface area contributed by atoms with E-state index >= 15 is 4.79 Å². The molecule has 6 fully saturated rings. The molecule has 4 heterocycles. The Morgan fingerprint density at radius 2 is 1.30 bits per heavy atom. The van der Waals surface area contributed by atoms with Crippen LogP contribution in [0.25, 0.3) is 21.7 Å². The summed E-state index contributed by atoms with van der Waals surface area (Å²) in [5.41, 5.74) is -9.76. The molecule has 2 aromatic heterocycles. The second-order valence-corrected chi connectivity index (χ2v) is 34.3.